The van der Waals surface area contributed by atoms with E-state index in [2.05, 4.69) is 34.6 Å². The molecular weight excluding hydrogens is 709 g/mol. The summed E-state index contributed by atoms with van der Waals surface area (Å²) < 4.78 is 16.8. The molecule has 0 amide bonds. The summed E-state index contributed by atoms with van der Waals surface area (Å²) in [7, 11) is 0. The smallest absolute Gasteiger partial charge is 0.306 e. The Morgan fingerprint density at radius 3 is 0.860 bits per heavy atom. The largest absolute Gasteiger partial charge is 0.462 e. The molecule has 6 nitrogen and oxygen atoms in total. The minimum Gasteiger partial charge on any atom is -0.462 e. The summed E-state index contributed by atoms with van der Waals surface area (Å²) in [6.07, 6.45) is 43.7. The second kappa shape index (κ2) is 44.0. The molecule has 0 aromatic carbocycles. The molecule has 0 aromatic rings. The maximum absolute atomic E-state index is 12.8. The molecule has 0 bridgehead atoms. The molecule has 6 heteroatoms. The van der Waals surface area contributed by atoms with E-state index in [1.165, 1.54) is 167 Å². The maximum atomic E-state index is 12.8. The molecule has 338 valence electrons. The van der Waals surface area contributed by atoms with Crippen LogP contribution in [0.4, 0.5) is 0 Å². The van der Waals surface area contributed by atoms with E-state index < -0.39 is 6.10 Å². The summed E-state index contributed by atoms with van der Waals surface area (Å²) in [5.74, 6) is 0.793. The fourth-order valence-corrected chi connectivity index (χ4v) is 7.64. The van der Waals surface area contributed by atoms with Crippen LogP contribution in [-0.2, 0) is 28.6 Å². The lowest BCUT2D eigenvalue weighted by Gasteiger charge is -2.18. The van der Waals surface area contributed by atoms with Crippen LogP contribution in [0.3, 0.4) is 0 Å². The summed E-state index contributed by atoms with van der Waals surface area (Å²) >= 11 is 0. The molecule has 0 saturated heterocycles. The molecule has 0 radical (unpaired) electrons. The first-order chi connectivity index (χ1) is 27.7. The van der Waals surface area contributed by atoms with Gasteiger partial charge in [-0.2, -0.15) is 0 Å². The van der Waals surface area contributed by atoms with Crippen LogP contribution < -0.4 is 0 Å². The number of hydrogen-bond acceptors (Lipinski definition) is 6. The van der Waals surface area contributed by atoms with Gasteiger partial charge in [0, 0.05) is 19.3 Å². The highest BCUT2D eigenvalue weighted by molar-refractivity contribution is 5.71. The van der Waals surface area contributed by atoms with Crippen LogP contribution in [0, 0.1) is 11.8 Å². The molecule has 0 aliphatic heterocycles. The Kier molecular flexibility index (Phi) is 42.7. The first-order valence-electron chi connectivity index (χ1n) is 25.2. The van der Waals surface area contributed by atoms with Crippen molar-refractivity contribution in [1.29, 1.82) is 0 Å². The average molecular weight is 807 g/mol. The minimum absolute atomic E-state index is 0.0639. The number of esters is 3. The zero-order valence-electron chi connectivity index (χ0n) is 39.0. The predicted molar refractivity (Wildman–Crippen MR) is 243 cm³/mol. The van der Waals surface area contributed by atoms with Crippen molar-refractivity contribution >= 4 is 17.9 Å². The molecule has 0 heterocycles. The Labute approximate surface area is 355 Å². The Bertz CT molecular complexity index is 870. The van der Waals surface area contributed by atoms with Gasteiger partial charge in [-0.25, -0.2) is 0 Å². The lowest BCUT2D eigenvalue weighted by molar-refractivity contribution is -0.167. The molecule has 0 aliphatic carbocycles. The van der Waals surface area contributed by atoms with Gasteiger partial charge in [0.1, 0.15) is 13.2 Å². The van der Waals surface area contributed by atoms with Crippen LogP contribution in [0.15, 0.2) is 0 Å². The van der Waals surface area contributed by atoms with Gasteiger partial charge in [0.25, 0.3) is 0 Å². The maximum Gasteiger partial charge on any atom is 0.306 e. The number of ether oxygens (including phenoxy) is 3. The van der Waals surface area contributed by atoms with Gasteiger partial charge < -0.3 is 14.2 Å². The highest BCUT2D eigenvalue weighted by Gasteiger charge is 2.19. The molecular formula is C51H98O6. The number of rotatable bonds is 45. The molecule has 0 saturated carbocycles. The van der Waals surface area contributed by atoms with Crippen LogP contribution in [0.1, 0.15) is 279 Å². The van der Waals surface area contributed by atoms with Crippen molar-refractivity contribution in [3.05, 3.63) is 0 Å². The predicted octanol–water partition coefficient (Wildman–Crippen LogP) is 16.1. The summed E-state index contributed by atoms with van der Waals surface area (Å²) in [5, 5.41) is 0. The van der Waals surface area contributed by atoms with Crippen LogP contribution >= 0.6 is 0 Å². The number of unbranched alkanes of at least 4 members (excludes halogenated alkanes) is 30. The molecule has 0 aromatic heterocycles. The lowest BCUT2D eigenvalue weighted by Crippen LogP contribution is -2.30. The Balaban J connectivity index is 4.33. The van der Waals surface area contributed by atoms with Gasteiger partial charge >= 0.3 is 17.9 Å². The number of hydrogen-bond donors (Lipinski definition) is 0. The van der Waals surface area contributed by atoms with Gasteiger partial charge in [0.2, 0.25) is 0 Å². The topological polar surface area (TPSA) is 78.9 Å². The summed E-state index contributed by atoms with van der Waals surface area (Å²) in [4.78, 5) is 37.9. The van der Waals surface area contributed by atoms with Crippen molar-refractivity contribution in [3.8, 4) is 0 Å². The highest BCUT2D eigenvalue weighted by atomic mass is 16.6. The molecule has 57 heavy (non-hydrogen) atoms. The van der Waals surface area contributed by atoms with Crippen LogP contribution in [0.5, 0.6) is 0 Å². The SMILES string of the molecule is CCCCCCCCCCCCCCC(=O)OC[C@H](COC(=O)CCCCCCCCCCCCC(C)C)OC(=O)CCCCCCCCCCCCCC(C)C. The van der Waals surface area contributed by atoms with Crippen LogP contribution in [-0.4, -0.2) is 37.2 Å². The second-order valence-corrected chi connectivity index (χ2v) is 18.4. The average Bonchev–Trinajstić information content (AvgIpc) is 3.18. The van der Waals surface area contributed by atoms with Gasteiger partial charge in [0.05, 0.1) is 0 Å². The van der Waals surface area contributed by atoms with Crippen molar-refractivity contribution in [1.82, 2.24) is 0 Å². The van der Waals surface area contributed by atoms with Gasteiger partial charge in [-0.05, 0) is 31.1 Å². The number of carbonyl (C=O) groups is 3. The monoisotopic (exact) mass is 807 g/mol. The number of carbonyl (C=O) groups excluding carboxylic acids is 3. The normalized spacial score (nSPS) is 12.1. The zero-order chi connectivity index (χ0) is 41.9. The van der Waals surface area contributed by atoms with Crippen molar-refractivity contribution in [2.45, 2.75) is 285 Å². The third-order valence-electron chi connectivity index (χ3n) is 11.5. The van der Waals surface area contributed by atoms with Crippen molar-refractivity contribution in [2.24, 2.45) is 11.8 Å². The third kappa shape index (κ3) is 45.3. The molecule has 0 rings (SSSR count). The van der Waals surface area contributed by atoms with Gasteiger partial charge in [-0.3, -0.25) is 14.4 Å². The fourth-order valence-electron chi connectivity index (χ4n) is 7.64. The lowest BCUT2D eigenvalue weighted by atomic mass is 10.0. The zero-order valence-corrected chi connectivity index (χ0v) is 39.0. The van der Waals surface area contributed by atoms with E-state index in [9.17, 15) is 14.4 Å². The van der Waals surface area contributed by atoms with E-state index >= 15 is 0 Å². The van der Waals surface area contributed by atoms with Crippen molar-refractivity contribution in [3.63, 3.8) is 0 Å². The first-order valence-corrected chi connectivity index (χ1v) is 25.2. The fraction of sp³-hybridized carbons (Fsp3) is 0.941. The molecule has 1 atom stereocenters. The summed E-state index contributed by atoms with van der Waals surface area (Å²) in [6, 6.07) is 0. The summed E-state index contributed by atoms with van der Waals surface area (Å²) in [5.41, 5.74) is 0. The minimum atomic E-state index is -0.761. The molecule has 0 unspecified atom stereocenters. The molecule has 0 N–H and O–H groups in total. The standard InChI is InChI=1S/C51H98O6/c1-6-7-8-9-10-11-12-15-21-26-31-36-41-49(52)55-44-48(45-56-50(53)42-37-32-27-22-18-17-20-25-30-35-40-47(4)5)57-51(54)43-38-33-28-23-16-13-14-19-24-29-34-39-46(2)3/h46-48H,6-45H2,1-5H3/t48-/m1/s1. The van der Waals surface area contributed by atoms with Gasteiger partial charge in [0.15, 0.2) is 6.10 Å². The third-order valence-corrected chi connectivity index (χ3v) is 11.5. The Morgan fingerprint density at radius 2 is 0.579 bits per heavy atom. The van der Waals surface area contributed by atoms with E-state index in [1.807, 2.05) is 0 Å². The van der Waals surface area contributed by atoms with E-state index in [-0.39, 0.29) is 31.1 Å². The first kappa shape index (κ1) is 55.4. The van der Waals surface area contributed by atoms with E-state index in [0.717, 1.165) is 69.6 Å². The second-order valence-electron chi connectivity index (χ2n) is 18.4. The van der Waals surface area contributed by atoms with Crippen molar-refractivity contribution < 1.29 is 28.6 Å². The molecule has 0 aliphatic rings. The van der Waals surface area contributed by atoms with Crippen molar-refractivity contribution in [2.75, 3.05) is 13.2 Å². The van der Waals surface area contributed by atoms with Gasteiger partial charge in [-0.15, -0.1) is 0 Å². The van der Waals surface area contributed by atoms with Gasteiger partial charge in [-0.1, -0.05) is 240 Å². The quantitative estimate of drug-likeness (QED) is 0.0346. The molecule has 0 spiro atoms. The summed E-state index contributed by atoms with van der Waals surface area (Å²) in [6.45, 7) is 11.3. The van der Waals surface area contributed by atoms with Crippen LogP contribution in [0.25, 0.3) is 0 Å². The van der Waals surface area contributed by atoms with E-state index in [0.29, 0.717) is 19.3 Å². The molecule has 0 fully saturated rings. The van der Waals surface area contributed by atoms with E-state index in [4.69, 9.17) is 14.2 Å². The van der Waals surface area contributed by atoms with Crippen LogP contribution in [0.2, 0.25) is 0 Å². The Hall–Kier alpha value is -1.59. The highest BCUT2D eigenvalue weighted by Crippen LogP contribution is 2.17. The van der Waals surface area contributed by atoms with E-state index in [1.54, 1.807) is 0 Å². The Morgan fingerprint density at radius 1 is 0.333 bits per heavy atom.